The number of benzene rings is 1. The van der Waals surface area contributed by atoms with Gasteiger partial charge in [0.25, 0.3) is 5.69 Å². The van der Waals surface area contributed by atoms with Gasteiger partial charge in [0, 0.05) is 22.9 Å². The van der Waals surface area contributed by atoms with Gasteiger partial charge < -0.3 is 0 Å². The highest BCUT2D eigenvalue weighted by atomic mass is 35.5. The molecule has 0 amide bonds. The Balaban J connectivity index is 2.34. The summed E-state index contributed by atoms with van der Waals surface area (Å²) in [5.74, 6) is 2.37. The second-order valence-electron chi connectivity index (χ2n) is 3.97. The van der Waals surface area contributed by atoms with E-state index in [0.717, 1.165) is 23.5 Å². The molecule has 0 saturated heterocycles. The lowest BCUT2D eigenvalue weighted by Crippen LogP contribution is -1.97. The summed E-state index contributed by atoms with van der Waals surface area (Å²) in [5.41, 5.74) is 0.143. The Morgan fingerprint density at radius 1 is 1.35 bits per heavy atom. The van der Waals surface area contributed by atoms with Crippen molar-refractivity contribution in [3.8, 4) is 0 Å². The van der Waals surface area contributed by atoms with Gasteiger partial charge in [-0.2, -0.15) is 0 Å². The van der Waals surface area contributed by atoms with Crippen LogP contribution in [-0.2, 0) is 0 Å². The van der Waals surface area contributed by atoms with E-state index in [4.69, 9.17) is 11.6 Å². The van der Waals surface area contributed by atoms with Crippen molar-refractivity contribution in [1.29, 1.82) is 0 Å². The van der Waals surface area contributed by atoms with E-state index < -0.39 is 0 Å². The fourth-order valence-corrected chi connectivity index (χ4v) is 2.83. The van der Waals surface area contributed by atoms with Crippen molar-refractivity contribution in [3.63, 3.8) is 0 Å². The molecule has 1 aromatic carbocycles. The van der Waals surface area contributed by atoms with Crippen molar-refractivity contribution in [2.45, 2.75) is 24.7 Å². The Hall–Kier alpha value is -0.740. The van der Waals surface area contributed by atoms with Gasteiger partial charge in [-0.1, -0.05) is 6.92 Å². The lowest BCUT2D eigenvalue weighted by molar-refractivity contribution is -0.384. The van der Waals surface area contributed by atoms with Crippen LogP contribution < -0.4 is 0 Å². The molecule has 0 spiro atoms. The second-order valence-corrected chi connectivity index (χ2v) is 5.52. The molecule has 0 aliphatic carbocycles. The van der Waals surface area contributed by atoms with Gasteiger partial charge in [-0.15, -0.1) is 23.4 Å². The maximum Gasteiger partial charge on any atom is 0.269 e. The van der Waals surface area contributed by atoms with Gasteiger partial charge in [0.2, 0.25) is 0 Å². The first-order chi connectivity index (χ1) is 8.13. The van der Waals surface area contributed by atoms with Crippen LogP contribution in [0.25, 0.3) is 0 Å². The molecule has 1 unspecified atom stereocenters. The molecule has 0 bridgehead atoms. The highest BCUT2D eigenvalue weighted by Crippen LogP contribution is 2.23. The van der Waals surface area contributed by atoms with E-state index in [0.29, 0.717) is 11.8 Å². The number of non-ortho nitro benzene ring substituents is 1. The Morgan fingerprint density at radius 3 is 2.53 bits per heavy atom. The molecular weight excluding hydrogens is 258 g/mol. The minimum atomic E-state index is -0.378. The van der Waals surface area contributed by atoms with Crippen LogP contribution >= 0.6 is 23.4 Å². The number of thioether (sulfide) groups is 1. The standard InChI is InChI=1S/C12H16ClNO2S/c1-10(6-8-13)7-9-17-12-4-2-11(3-5-12)14(15)16/h2-5,10H,6-9H2,1H3. The second kappa shape index (κ2) is 7.56. The Morgan fingerprint density at radius 2 is 2.00 bits per heavy atom. The normalized spacial score (nSPS) is 12.4. The maximum atomic E-state index is 10.5. The van der Waals surface area contributed by atoms with E-state index in [1.807, 2.05) is 0 Å². The fourth-order valence-electron chi connectivity index (χ4n) is 1.37. The zero-order valence-corrected chi connectivity index (χ0v) is 11.3. The molecule has 0 aromatic heterocycles. The van der Waals surface area contributed by atoms with Crippen LogP contribution in [0.15, 0.2) is 29.2 Å². The van der Waals surface area contributed by atoms with Crippen molar-refractivity contribution in [2.75, 3.05) is 11.6 Å². The van der Waals surface area contributed by atoms with E-state index >= 15 is 0 Å². The SMILES string of the molecule is CC(CCCl)CCSc1ccc([N+](=O)[O-])cc1. The molecule has 0 heterocycles. The number of alkyl halides is 1. The molecule has 0 N–H and O–H groups in total. The molecule has 0 aliphatic heterocycles. The molecule has 3 nitrogen and oxygen atoms in total. The number of nitrogens with zero attached hydrogens (tertiary/aromatic N) is 1. The molecule has 0 fully saturated rings. The van der Waals surface area contributed by atoms with Crippen LogP contribution in [0, 0.1) is 16.0 Å². The minimum absolute atomic E-state index is 0.143. The molecular formula is C12H16ClNO2S. The monoisotopic (exact) mass is 273 g/mol. The summed E-state index contributed by atoms with van der Waals surface area (Å²) in [4.78, 5) is 11.2. The Kier molecular flexibility index (Phi) is 6.37. The lowest BCUT2D eigenvalue weighted by atomic mass is 10.1. The van der Waals surface area contributed by atoms with Gasteiger partial charge in [0.1, 0.15) is 0 Å². The van der Waals surface area contributed by atoms with E-state index in [1.54, 1.807) is 36.0 Å². The molecule has 1 rings (SSSR count). The van der Waals surface area contributed by atoms with Crippen LogP contribution in [0.5, 0.6) is 0 Å². The number of nitro benzene ring substituents is 1. The third kappa shape index (κ3) is 5.41. The quantitative estimate of drug-likeness (QED) is 0.321. The minimum Gasteiger partial charge on any atom is -0.258 e. The van der Waals surface area contributed by atoms with Crippen LogP contribution in [0.2, 0.25) is 0 Å². The van der Waals surface area contributed by atoms with E-state index in [9.17, 15) is 10.1 Å². The average Bonchev–Trinajstić information content (AvgIpc) is 2.30. The zero-order valence-electron chi connectivity index (χ0n) is 9.77. The summed E-state index contributed by atoms with van der Waals surface area (Å²) >= 11 is 7.40. The molecule has 1 aromatic rings. The van der Waals surface area contributed by atoms with Gasteiger partial charge in [-0.3, -0.25) is 10.1 Å². The topological polar surface area (TPSA) is 43.1 Å². The van der Waals surface area contributed by atoms with E-state index in [1.165, 1.54) is 0 Å². The predicted molar refractivity (Wildman–Crippen MR) is 72.9 cm³/mol. The summed E-state index contributed by atoms with van der Waals surface area (Å²) in [7, 11) is 0. The van der Waals surface area contributed by atoms with E-state index in [-0.39, 0.29) is 10.6 Å². The van der Waals surface area contributed by atoms with Crippen molar-refractivity contribution >= 4 is 29.1 Å². The first-order valence-corrected chi connectivity index (χ1v) is 7.08. The number of halogens is 1. The van der Waals surface area contributed by atoms with Crippen molar-refractivity contribution in [3.05, 3.63) is 34.4 Å². The lowest BCUT2D eigenvalue weighted by Gasteiger charge is -2.08. The summed E-state index contributed by atoms with van der Waals surface area (Å²) in [6.45, 7) is 2.19. The molecule has 5 heteroatoms. The van der Waals surface area contributed by atoms with Gasteiger partial charge in [0.15, 0.2) is 0 Å². The zero-order chi connectivity index (χ0) is 12.7. The largest absolute Gasteiger partial charge is 0.269 e. The average molecular weight is 274 g/mol. The fraction of sp³-hybridized carbons (Fsp3) is 0.500. The molecule has 0 radical (unpaired) electrons. The van der Waals surface area contributed by atoms with Crippen LogP contribution in [0.1, 0.15) is 19.8 Å². The smallest absolute Gasteiger partial charge is 0.258 e. The predicted octanol–water partition coefficient (Wildman–Crippen LogP) is 4.34. The Labute approximate surface area is 111 Å². The summed E-state index contributed by atoms with van der Waals surface area (Å²) in [6.07, 6.45) is 2.16. The summed E-state index contributed by atoms with van der Waals surface area (Å²) in [5, 5.41) is 10.5. The van der Waals surface area contributed by atoms with Crippen LogP contribution in [-0.4, -0.2) is 16.6 Å². The number of rotatable bonds is 7. The first kappa shape index (κ1) is 14.3. The van der Waals surface area contributed by atoms with E-state index in [2.05, 4.69) is 6.92 Å². The van der Waals surface area contributed by atoms with Crippen molar-refractivity contribution < 1.29 is 4.92 Å². The molecule has 94 valence electrons. The highest BCUT2D eigenvalue weighted by molar-refractivity contribution is 7.99. The van der Waals surface area contributed by atoms with Gasteiger partial charge in [-0.25, -0.2) is 0 Å². The molecule has 0 saturated carbocycles. The maximum absolute atomic E-state index is 10.5. The number of hydrogen-bond acceptors (Lipinski definition) is 3. The van der Waals surface area contributed by atoms with Crippen molar-refractivity contribution in [1.82, 2.24) is 0 Å². The van der Waals surface area contributed by atoms with Gasteiger partial charge in [0.05, 0.1) is 4.92 Å². The molecule has 1 atom stereocenters. The first-order valence-electron chi connectivity index (χ1n) is 5.56. The number of nitro groups is 1. The molecule has 0 aliphatic rings. The van der Waals surface area contributed by atoms with Gasteiger partial charge in [-0.05, 0) is 36.6 Å². The highest BCUT2D eigenvalue weighted by Gasteiger charge is 2.05. The summed E-state index contributed by atoms with van der Waals surface area (Å²) in [6, 6.07) is 6.69. The van der Waals surface area contributed by atoms with Gasteiger partial charge >= 0.3 is 0 Å². The van der Waals surface area contributed by atoms with Crippen molar-refractivity contribution in [2.24, 2.45) is 5.92 Å². The van der Waals surface area contributed by atoms with Crippen LogP contribution in [0.4, 0.5) is 5.69 Å². The third-order valence-electron chi connectivity index (χ3n) is 2.53. The third-order valence-corrected chi connectivity index (χ3v) is 3.79. The van der Waals surface area contributed by atoms with Crippen LogP contribution in [0.3, 0.4) is 0 Å². The molecule has 17 heavy (non-hydrogen) atoms. The Bertz CT molecular complexity index is 356. The summed E-state index contributed by atoms with van der Waals surface area (Å²) < 4.78 is 0. The number of hydrogen-bond donors (Lipinski definition) is 0.